The van der Waals surface area contributed by atoms with Gasteiger partial charge < -0.3 is 9.14 Å². The molecule has 0 N–H and O–H groups in total. The van der Waals surface area contributed by atoms with Gasteiger partial charge in [0.25, 0.3) is 6.33 Å². The number of hydrogen-bond acceptors (Lipinski definition) is 3. The second kappa shape index (κ2) is 12.5. The van der Waals surface area contributed by atoms with Crippen LogP contribution in [-0.4, -0.2) is 18.5 Å². The average molecular weight is 773 g/mol. The SMILES string of the molecule is CC(C)(C)c1ccnc(-n2c3ccc(C#N)cc3c3ccc(Oc4cccc(-n5[c-][n+](-c6cc7c8ccccc8n8c9ccccc9c(c6)c78)c6ccccc65)c4)cc32)c1. The number of fused-ring (bicyclic) bond motifs is 10. The number of ether oxygens (including phenoxy) is 1. The number of aromatic nitrogens is 5. The highest BCUT2D eigenvalue weighted by Gasteiger charge is 2.22. The molecule has 0 saturated carbocycles. The Kier molecular flexibility index (Phi) is 7.12. The second-order valence-electron chi connectivity index (χ2n) is 16.6. The van der Waals surface area contributed by atoms with Crippen molar-refractivity contribution in [3.05, 3.63) is 181 Å². The van der Waals surface area contributed by atoms with E-state index in [2.05, 4.69) is 173 Å². The summed E-state index contributed by atoms with van der Waals surface area (Å²) in [6.45, 7) is 6.62. The highest BCUT2D eigenvalue weighted by atomic mass is 16.5. The summed E-state index contributed by atoms with van der Waals surface area (Å²) >= 11 is 0. The number of pyridine rings is 1. The summed E-state index contributed by atoms with van der Waals surface area (Å²) < 4.78 is 15.6. The molecule has 0 saturated heterocycles. The van der Waals surface area contributed by atoms with Crippen molar-refractivity contribution in [3.63, 3.8) is 0 Å². The monoisotopic (exact) mass is 772 g/mol. The summed E-state index contributed by atoms with van der Waals surface area (Å²) in [4.78, 5) is 4.84. The number of imidazole rings is 1. The maximum Gasteiger partial charge on any atom is 0.269 e. The lowest BCUT2D eigenvalue weighted by atomic mass is 9.88. The highest BCUT2D eigenvalue weighted by molar-refractivity contribution is 6.23. The van der Waals surface area contributed by atoms with E-state index < -0.39 is 0 Å². The fourth-order valence-corrected chi connectivity index (χ4v) is 9.22. The molecule has 5 heterocycles. The van der Waals surface area contributed by atoms with Crippen molar-refractivity contribution < 1.29 is 9.30 Å². The standard InChI is InChI=1S/C53H36N6O/c1-53(2,3)34-23-24-55-51(26-34)58-47-22-19-33(31-54)25-42(47)41-21-20-38(30-50(41)58)60-37-12-10-11-35(27-37)56-32-57(49-18-9-8-17-48(49)56)36-28-43-39-13-4-6-15-45(39)59-46-16-7-5-14-40(46)44(29-36)52(43)59/h4-30H,1-3H3. The number of nitrogens with zero attached hydrogens (tertiary/aromatic N) is 6. The Morgan fingerprint density at radius 1 is 0.600 bits per heavy atom. The third kappa shape index (κ3) is 5.01. The molecular weight excluding hydrogens is 737 g/mol. The van der Waals surface area contributed by atoms with Gasteiger partial charge in [0.05, 0.1) is 61.6 Å². The van der Waals surface area contributed by atoms with Crippen molar-refractivity contribution in [2.24, 2.45) is 0 Å². The average Bonchev–Trinajstić information content (AvgIpc) is 4.02. The molecular formula is C53H36N6O. The molecule has 5 aromatic heterocycles. The lowest BCUT2D eigenvalue weighted by Gasteiger charge is -2.20. The van der Waals surface area contributed by atoms with Gasteiger partial charge in [-0.3, -0.25) is 13.7 Å². The van der Waals surface area contributed by atoms with E-state index >= 15 is 0 Å². The molecule has 0 aliphatic rings. The first-order valence-corrected chi connectivity index (χ1v) is 20.2. The van der Waals surface area contributed by atoms with Crippen molar-refractivity contribution >= 4 is 70.9 Å². The molecule has 0 atom stereocenters. The fraction of sp³-hybridized carbons (Fsp3) is 0.0755. The van der Waals surface area contributed by atoms with Crippen LogP contribution in [0, 0.1) is 17.7 Å². The minimum Gasteiger partial charge on any atom is -0.458 e. The van der Waals surface area contributed by atoms with E-state index in [4.69, 9.17) is 9.72 Å². The Labute approximate surface area is 345 Å². The summed E-state index contributed by atoms with van der Waals surface area (Å²) in [5, 5.41) is 16.7. The van der Waals surface area contributed by atoms with Gasteiger partial charge in [0.2, 0.25) is 0 Å². The molecule has 0 unspecified atom stereocenters. The smallest absolute Gasteiger partial charge is 0.269 e. The minimum atomic E-state index is -0.0521. The molecule has 7 heteroatoms. The summed E-state index contributed by atoms with van der Waals surface area (Å²) in [6, 6.07) is 57.1. The first kappa shape index (κ1) is 34.1. The van der Waals surface area contributed by atoms with E-state index in [0.717, 1.165) is 50.0 Å². The molecule has 0 radical (unpaired) electrons. The fourth-order valence-electron chi connectivity index (χ4n) is 9.22. The van der Waals surface area contributed by atoms with Crippen LogP contribution in [0.4, 0.5) is 0 Å². The third-order valence-corrected chi connectivity index (χ3v) is 12.0. The number of benzene rings is 7. The molecule has 284 valence electrons. The number of hydrogen-bond donors (Lipinski definition) is 0. The van der Waals surface area contributed by atoms with Crippen LogP contribution in [0.15, 0.2) is 164 Å². The van der Waals surface area contributed by atoms with Crippen molar-refractivity contribution in [2.45, 2.75) is 26.2 Å². The molecule has 0 fully saturated rings. The largest absolute Gasteiger partial charge is 0.458 e. The van der Waals surface area contributed by atoms with Crippen molar-refractivity contribution in [1.29, 1.82) is 5.26 Å². The van der Waals surface area contributed by atoms with Gasteiger partial charge in [0, 0.05) is 44.6 Å². The van der Waals surface area contributed by atoms with Gasteiger partial charge in [-0.1, -0.05) is 87.5 Å². The highest BCUT2D eigenvalue weighted by Crippen LogP contribution is 2.41. The summed E-state index contributed by atoms with van der Waals surface area (Å²) in [6.07, 6.45) is 5.61. The van der Waals surface area contributed by atoms with E-state index in [1.165, 1.54) is 43.7 Å². The predicted octanol–water partition coefficient (Wildman–Crippen LogP) is 12.3. The van der Waals surface area contributed by atoms with Crippen LogP contribution < -0.4 is 9.30 Å². The normalized spacial score (nSPS) is 12.2. The Morgan fingerprint density at radius 3 is 2.05 bits per heavy atom. The number of rotatable bonds is 5. The lowest BCUT2D eigenvalue weighted by molar-refractivity contribution is -0.572. The van der Waals surface area contributed by atoms with E-state index in [9.17, 15) is 5.26 Å². The summed E-state index contributed by atoms with van der Waals surface area (Å²) in [5.41, 5.74) is 11.4. The Morgan fingerprint density at radius 2 is 1.30 bits per heavy atom. The first-order valence-electron chi connectivity index (χ1n) is 20.2. The van der Waals surface area contributed by atoms with Gasteiger partial charge in [-0.05, 0) is 95.9 Å². The number of nitriles is 1. The molecule has 60 heavy (non-hydrogen) atoms. The van der Waals surface area contributed by atoms with E-state index in [1.54, 1.807) is 0 Å². The van der Waals surface area contributed by atoms with Gasteiger partial charge in [-0.15, -0.1) is 0 Å². The van der Waals surface area contributed by atoms with Crippen LogP contribution in [-0.2, 0) is 5.41 Å². The minimum absolute atomic E-state index is 0.0521. The number of para-hydroxylation sites is 4. The van der Waals surface area contributed by atoms with E-state index in [0.29, 0.717) is 17.1 Å². The molecule has 0 bridgehead atoms. The van der Waals surface area contributed by atoms with Gasteiger partial charge >= 0.3 is 0 Å². The van der Waals surface area contributed by atoms with E-state index in [1.807, 2.05) is 42.6 Å². The van der Waals surface area contributed by atoms with Crippen LogP contribution in [0.25, 0.3) is 88.1 Å². The van der Waals surface area contributed by atoms with Crippen molar-refractivity contribution in [1.82, 2.24) is 18.5 Å². The Balaban J connectivity index is 0.976. The second-order valence-corrected chi connectivity index (χ2v) is 16.6. The summed E-state index contributed by atoms with van der Waals surface area (Å²) in [5.74, 6) is 2.21. The molecule has 7 nitrogen and oxygen atoms in total. The molecule has 0 spiro atoms. The maximum atomic E-state index is 9.77. The topological polar surface area (TPSA) is 64.1 Å². The maximum absolute atomic E-state index is 9.77. The van der Waals surface area contributed by atoms with Crippen LogP contribution >= 0.6 is 0 Å². The van der Waals surface area contributed by atoms with Crippen molar-refractivity contribution in [2.75, 3.05) is 0 Å². The molecule has 0 amide bonds. The van der Waals surface area contributed by atoms with Gasteiger partial charge in [-0.2, -0.15) is 5.26 Å². The first-order chi connectivity index (χ1) is 29.3. The molecule has 0 aliphatic carbocycles. The lowest BCUT2D eigenvalue weighted by Crippen LogP contribution is -2.29. The van der Waals surface area contributed by atoms with Gasteiger partial charge in [-0.25, -0.2) is 4.98 Å². The zero-order valence-electron chi connectivity index (χ0n) is 33.2. The molecule has 12 rings (SSSR count). The van der Waals surface area contributed by atoms with Gasteiger partial charge in [0.1, 0.15) is 17.3 Å². The molecule has 7 aromatic carbocycles. The Hall–Kier alpha value is -7.95. The Bertz CT molecular complexity index is 3670. The van der Waals surface area contributed by atoms with Crippen LogP contribution in [0.5, 0.6) is 11.5 Å². The zero-order chi connectivity index (χ0) is 40.3. The van der Waals surface area contributed by atoms with E-state index in [-0.39, 0.29) is 5.41 Å². The quantitative estimate of drug-likeness (QED) is 0.129. The zero-order valence-corrected chi connectivity index (χ0v) is 33.2. The summed E-state index contributed by atoms with van der Waals surface area (Å²) in [7, 11) is 0. The van der Waals surface area contributed by atoms with Crippen LogP contribution in [0.3, 0.4) is 0 Å². The molecule has 0 aliphatic heterocycles. The van der Waals surface area contributed by atoms with Crippen molar-refractivity contribution in [3.8, 4) is 34.8 Å². The van der Waals surface area contributed by atoms with Gasteiger partial charge in [0.15, 0.2) is 0 Å². The third-order valence-electron chi connectivity index (χ3n) is 12.0. The van der Waals surface area contributed by atoms with Crippen LogP contribution in [0.1, 0.15) is 31.9 Å². The molecule has 12 aromatic rings. The predicted molar refractivity (Wildman–Crippen MR) is 240 cm³/mol. The van der Waals surface area contributed by atoms with Crippen LogP contribution in [0.2, 0.25) is 0 Å².